The van der Waals surface area contributed by atoms with E-state index in [-0.39, 0.29) is 17.5 Å². The molecule has 3 aromatic carbocycles. The van der Waals surface area contributed by atoms with Crippen LogP contribution in [0.4, 0.5) is 11.4 Å². The van der Waals surface area contributed by atoms with Crippen LogP contribution in [0.3, 0.4) is 0 Å². The number of nitrogens with zero attached hydrogens (tertiary/aromatic N) is 1. The average molecular weight is 427 g/mol. The second kappa shape index (κ2) is 8.35. The van der Waals surface area contributed by atoms with Gasteiger partial charge in [-0.1, -0.05) is 42.5 Å². The Hall–Kier alpha value is -3.86. The van der Waals surface area contributed by atoms with Gasteiger partial charge in [0.1, 0.15) is 11.4 Å². The molecule has 0 fully saturated rings. The van der Waals surface area contributed by atoms with Gasteiger partial charge in [-0.2, -0.15) is 0 Å². The third-order valence-corrected chi connectivity index (χ3v) is 5.93. The number of nitrogens with one attached hydrogen (secondary N) is 1. The largest absolute Gasteiger partial charge is 0.496 e. The number of methoxy groups -OCH3 is 1. The number of ether oxygens (including phenoxy) is 1. The number of benzene rings is 3. The monoisotopic (exact) mass is 426 g/mol. The maximum absolute atomic E-state index is 13.8. The lowest BCUT2D eigenvalue weighted by atomic mass is 10.0. The molecule has 0 radical (unpaired) electrons. The third kappa shape index (κ3) is 3.56. The fourth-order valence-corrected chi connectivity index (χ4v) is 3.95. The van der Waals surface area contributed by atoms with Crippen molar-refractivity contribution in [1.29, 1.82) is 0 Å². The average Bonchev–Trinajstić information content (AvgIpc) is 3.02. The van der Waals surface area contributed by atoms with E-state index in [1.807, 2.05) is 70.2 Å². The van der Waals surface area contributed by atoms with Crippen molar-refractivity contribution in [2.45, 2.75) is 27.7 Å². The van der Waals surface area contributed by atoms with Crippen LogP contribution in [0.2, 0.25) is 0 Å². The SMILES string of the molecule is COc1ccccc1C1=C(Nc2cc(C)ccc2C)C(=O)N(c2cccc(C)c2C)C1=O. The number of para-hydroxylation sites is 1. The van der Waals surface area contributed by atoms with Crippen LogP contribution < -0.4 is 15.0 Å². The number of hydrogen-bond donors (Lipinski definition) is 1. The summed E-state index contributed by atoms with van der Waals surface area (Å²) in [6.45, 7) is 7.84. The summed E-state index contributed by atoms with van der Waals surface area (Å²) in [6.07, 6.45) is 0. The Morgan fingerprint density at radius 3 is 2.31 bits per heavy atom. The van der Waals surface area contributed by atoms with Gasteiger partial charge in [-0.15, -0.1) is 0 Å². The van der Waals surface area contributed by atoms with E-state index < -0.39 is 0 Å². The van der Waals surface area contributed by atoms with E-state index in [4.69, 9.17) is 4.74 Å². The molecule has 0 unspecified atom stereocenters. The highest BCUT2D eigenvalue weighted by Gasteiger charge is 2.42. The number of anilines is 2. The van der Waals surface area contributed by atoms with Gasteiger partial charge < -0.3 is 10.1 Å². The number of rotatable bonds is 5. The van der Waals surface area contributed by atoms with Crippen molar-refractivity contribution in [3.63, 3.8) is 0 Å². The molecule has 4 rings (SSSR count). The van der Waals surface area contributed by atoms with Gasteiger partial charge in [-0.3, -0.25) is 9.59 Å². The molecule has 2 amide bonds. The van der Waals surface area contributed by atoms with Gasteiger partial charge in [0.15, 0.2) is 0 Å². The molecule has 5 heteroatoms. The van der Waals surface area contributed by atoms with Crippen LogP contribution in [0, 0.1) is 27.7 Å². The highest BCUT2D eigenvalue weighted by atomic mass is 16.5. The minimum Gasteiger partial charge on any atom is -0.496 e. The molecule has 0 bridgehead atoms. The molecule has 0 atom stereocenters. The fraction of sp³-hybridized carbons (Fsp3) is 0.185. The van der Waals surface area contributed by atoms with Gasteiger partial charge in [0.05, 0.1) is 18.4 Å². The number of hydrogen-bond acceptors (Lipinski definition) is 4. The topological polar surface area (TPSA) is 58.6 Å². The molecular formula is C27H26N2O3. The molecule has 3 aromatic rings. The molecule has 0 aliphatic carbocycles. The predicted molar refractivity (Wildman–Crippen MR) is 128 cm³/mol. The van der Waals surface area contributed by atoms with Gasteiger partial charge in [0.2, 0.25) is 0 Å². The number of amides is 2. The Morgan fingerprint density at radius 2 is 1.56 bits per heavy atom. The molecule has 0 spiro atoms. The van der Waals surface area contributed by atoms with Crippen LogP contribution in [0.5, 0.6) is 5.75 Å². The molecular weight excluding hydrogens is 400 g/mol. The maximum atomic E-state index is 13.8. The molecule has 0 aromatic heterocycles. The second-order valence-corrected chi connectivity index (χ2v) is 8.06. The van der Waals surface area contributed by atoms with Crippen molar-refractivity contribution in [3.05, 3.63) is 94.2 Å². The molecule has 162 valence electrons. The van der Waals surface area contributed by atoms with Gasteiger partial charge in [-0.25, -0.2) is 4.90 Å². The second-order valence-electron chi connectivity index (χ2n) is 8.06. The summed E-state index contributed by atoms with van der Waals surface area (Å²) in [4.78, 5) is 28.7. The minimum atomic E-state index is -0.384. The zero-order chi connectivity index (χ0) is 23.0. The molecule has 32 heavy (non-hydrogen) atoms. The third-order valence-electron chi connectivity index (χ3n) is 5.93. The van der Waals surface area contributed by atoms with Crippen LogP contribution in [0.15, 0.2) is 66.4 Å². The van der Waals surface area contributed by atoms with Crippen LogP contribution in [0.1, 0.15) is 27.8 Å². The summed E-state index contributed by atoms with van der Waals surface area (Å²) < 4.78 is 5.52. The van der Waals surface area contributed by atoms with E-state index in [1.54, 1.807) is 25.3 Å². The lowest BCUT2D eigenvalue weighted by molar-refractivity contribution is -0.120. The Labute approximate surface area is 188 Å². The molecule has 5 nitrogen and oxygen atoms in total. The van der Waals surface area contributed by atoms with Crippen LogP contribution in [0.25, 0.3) is 5.57 Å². The van der Waals surface area contributed by atoms with Gasteiger partial charge in [-0.05, 0) is 68.1 Å². The van der Waals surface area contributed by atoms with Crippen molar-refractivity contribution < 1.29 is 14.3 Å². The zero-order valence-corrected chi connectivity index (χ0v) is 18.9. The first-order chi connectivity index (χ1) is 15.3. The van der Waals surface area contributed by atoms with Crippen molar-refractivity contribution in [3.8, 4) is 5.75 Å². The van der Waals surface area contributed by atoms with E-state index in [0.29, 0.717) is 22.6 Å². The van der Waals surface area contributed by atoms with Gasteiger partial charge in [0, 0.05) is 11.3 Å². The highest BCUT2D eigenvalue weighted by Crippen LogP contribution is 2.39. The Balaban J connectivity index is 1.92. The Kier molecular flexibility index (Phi) is 5.57. The summed E-state index contributed by atoms with van der Waals surface area (Å²) in [7, 11) is 1.56. The molecule has 1 N–H and O–H groups in total. The van der Waals surface area contributed by atoms with Gasteiger partial charge in [0.25, 0.3) is 11.8 Å². The van der Waals surface area contributed by atoms with Crippen LogP contribution in [-0.2, 0) is 9.59 Å². The minimum absolute atomic E-state index is 0.245. The number of imide groups is 1. The molecule has 1 aliphatic heterocycles. The Bertz CT molecular complexity index is 1270. The van der Waals surface area contributed by atoms with Crippen LogP contribution >= 0.6 is 0 Å². The molecule has 1 heterocycles. The summed E-state index contributed by atoms with van der Waals surface area (Å²) in [6, 6.07) is 18.9. The normalized spacial score (nSPS) is 13.7. The summed E-state index contributed by atoms with van der Waals surface area (Å²) in [5.74, 6) is -0.224. The summed E-state index contributed by atoms with van der Waals surface area (Å²) in [5.41, 5.74) is 6.44. The van der Waals surface area contributed by atoms with Crippen molar-refractivity contribution in [2.75, 3.05) is 17.3 Å². The standard InChI is InChI=1S/C27H26N2O3/c1-16-13-14-18(3)21(15-16)28-25-24(20-10-6-7-12-23(20)32-5)26(30)29(27(25)31)22-11-8-9-17(2)19(22)4/h6-15,28H,1-5H3. The lowest BCUT2D eigenvalue weighted by Crippen LogP contribution is -2.33. The highest BCUT2D eigenvalue weighted by molar-refractivity contribution is 6.46. The number of carbonyl (C=O) groups excluding carboxylic acids is 2. The first-order valence-electron chi connectivity index (χ1n) is 10.5. The molecule has 1 aliphatic rings. The van der Waals surface area contributed by atoms with Crippen molar-refractivity contribution in [2.24, 2.45) is 0 Å². The number of aryl methyl sites for hydroxylation is 3. The zero-order valence-electron chi connectivity index (χ0n) is 18.9. The molecule has 0 saturated heterocycles. The van der Waals surface area contributed by atoms with E-state index in [2.05, 4.69) is 5.32 Å². The van der Waals surface area contributed by atoms with E-state index in [0.717, 1.165) is 27.9 Å². The summed E-state index contributed by atoms with van der Waals surface area (Å²) in [5, 5.41) is 3.28. The molecule has 0 saturated carbocycles. The smallest absolute Gasteiger partial charge is 0.282 e. The van der Waals surface area contributed by atoms with Crippen molar-refractivity contribution in [1.82, 2.24) is 0 Å². The summed E-state index contributed by atoms with van der Waals surface area (Å²) >= 11 is 0. The Morgan fingerprint density at radius 1 is 0.812 bits per heavy atom. The van der Waals surface area contributed by atoms with Crippen LogP contribution in [-0.4, -0.2) is 18.9 Å². The van der Waals surface area contributed by atoms with Crippen molar-refractivity contribution >= 4 is 28.8 Å². The quantitative estimate of drug-likeness (QED) is 0.561. The maximum Gasteiger partial charge on any atom is 0.282 e. The van der Waals surface area contributed by atoms with E-state index in [9.17, 15) is 9.59 Å². The predicted octanol–water partition coefficient (Wildman–Crippen LogP) is 5.33. The number of carbonyl (C=O) groups is 2. The first-order valence-corrected chi connectivity index (χ1v) is 10.5. The first kappa shape index (κ1) is 21.4. The van der Waals surface area contributed by atoms with E-state index >= 15 is 0 Å². The van der Waals surface area contributed by atoms with E-state index in [1.165, 1.54) is 4.90 Å². The lowest BCUT2D eigenvalue weighted by Gasteiger charge is -2.19. The van der Waals surface area contributed by atoms with Gasteiger partial charge >= 0.3 is 0 Å². The fourth-order valence-electron chi connectivity index (χ4n) is 3.95.